The minimum absolute atomic E-state index is 0.108. The summed E-state index contributed by atoms with van der Waals surface area (Å²) < 4.78 is 0. The molecule has 9 heteroatoms. The number of benzene rings is 4. The number of amides is 2. The topological polar surface area (TPSA) is 119 Å². The Kier molecular flexibility index (Phi) is 7.66. The predicted octanol–water partition coefficient (Wildman–Crippen LogP) is 6.92. The van der Waals surface area contributed by atoms with Crippen molar-refractivity contribution in [1.82, 2.24) is 35.5 Å². The largest absolute Gasteiger partial charge is 0.353 e. The normalized spacial score (nSPS) is 11.9. The SMILES string of the molecule is CN(CCCNC(=O)c1c2ccccc2nc2c1[nH]c1ccccc12)CCCNC(=O)c1c2ccccc2nc2c1[nH]c1ccccc12. The number of carbonyl (C=O) groups excluding carboxylic acids is 2. The molecule has 0 aliphatic carbocycles. The van der Waals surface area contributed by atoms with E-state index in [1.807, 2.05) is 97.1 Å². The molecule has 9 nitrogen and oxygen atoms in total. The minimum Gasteiger partial charge on any atom is -0.353 e. The van der Waals surface area contributed by atoms with Crippen LogP contribution < -0.4 is 10.6 Å². The van der Waals surface area contributed by atoms with Crippen LogP contribution in [0.15, 0.2) is 97.1 Å². The van der Waals surface area contributed by atoms with Crippen LogP contribution in [0, 0.1) is 0 Å². The number of pyridine rings is 2. The van der Waals surface area contributed by atoms with Crippen molar-refractivity contribution in [2.24, 2.45) is 0 Å². The molecule has 4 aromatic heterocycles. The highest BCUT2D eigenvalue weighted by Gasteiger charge is 2.20. The molecule has 0 aliphatic heterocycles. The summed E-state index contributed by atoms with van der Waals surface area (Å²) in [5, 5.41) is 9.96. The van der Waals surface area contributed by atoms with Crippen LogP contribution in [0.1, 0.15) is 33.6 Å². The smallest absolute Gasteiger partial charge is 0.254 e. The second-order valence-electron chi connectivity index (χ2n) is 12.3. The molecule has 4 N–H and O–H groups in total. The number of carbonyl (C=O) groups is 2. The first-order valence-electron chi connectivity index (χ1n) is 16.4. The Morgan fingerprint density at radius 1 is 0.583 bits per heavy atom. The second-order valence-corrected chi connectivity index (χ2v) is 12.3. The van der Waals surface area contributed by atoms with Gasteiger partial charge in [-0.15, -0.1) is 0 Å². The molecule has 0 radical (unpaired) electrons. The quantitative estimate of drug-likeness (QED) is 0.122. The van der Waals surface area contributed by atoms with Crippen LogP contribution in [-0.4, -0.2) is 69.9 Å². The van der Waals surface area contributed by atoms with Crippen molar-refractivity contribution >= 4 is 77.5 Å². The predicted molar refractivity (Wildman–Crippen MR) is 194 cm³/mol. The van der Waals surface area contributed by atoms with E-state index in [4.69, 9.17) is 9.97 Å². The number of hydrogen-bond acceptors (Lipinski definition) is 5. The molecule has 0 atom stereocenters. The number of aromatic nitrogens is 4. The van der Waals surface area contributed by atoms with Gasteiger partial charge in [-0.2, -0.15) is 0 Å². The summed E-state index contributed by atoms with van der Waals surface area (Å²) in [6.45, 7) is 2.73. The van der Waals surface area contributed by atoms with E-state index >= 15 is 0 Å². The van der Waals surface area contributed by atoms with Gasteiger partial charge in [-0.05, 0) is 57.2 Å². The zero-order valence-electron chi connectivity index (χ0n) is 26.6. The lowest BCUT2D eigenvalue weighted by Gasteiger charge is -2.17. The molecule has 4 heterocycles. The maximum Gasteiger partial charge on any atom is 0.254 e. The Bertz CT molecular complexity index is 2320. The standard InChI is InChI=1S/C39H35N7O2/c1-46(22-10-20-40-38(47)32-24-12-2-6-16-28(24)42-34-26-14-4-8-18-30(26)44-36(32)34)23-11-21-41-39(48)33-25-13-3-7-17-29(25)43-35-27-15-5-9-19-31(27)45-37(33)35/h2-9,12-19,44-45H,10-11,20-23H2,1H3,(H,40,47)(H,41,48). The van der Waals surface area contributed by atoms with Crippen molar-refractivity contribution < 1.29 is 9.59 Å². The van der Waals surface area contributed by atoms with E-state index in [9.17, 15) is 9.59 Å². The average Bonchev–Trinajstić information content (AvgIpc) is 3.67. The lowest BCUT2D eigenvalue weighted by atomic mass is 10.1. The van der Waals surface area contributed by atoms with Crippen LogP contribution in [0.25, 0.3) is 65.7 Å². The zero-order chi connectivity index (χ0) is 32.6. The number of aromatic amines is 2. The molecule has 0 spiro atoms. The minimum atomic E-state index is -0.108. The fourth-order valence-corrected chi connectivity index (χ4v) is 6.79. The highest BCUT2D eigenvalue weighted by atomic mass is 16.2. The third kappa shape index (κ3) is 5.28. The molecule has 8 aromatic rings. The van der Waals surface area contributed by atoms with E-state index < -0.39 is 0 Å². The Hall–Kier alpha value is -5.80. The van der Waals surface area contributed by atoms with Gasteiger partial charge < -0.3 is 25.5 Å². The fraction of sp³-hybridized carbons (Fsp3) is 0.179. The second kappa shape index (κ2) is 12.4. The van der Waals surface area contributed by atoms with Crippen LogP contribution in [0.3, 0.4) is 0 Å². The number of nitrogens with one attached hydrogen (secondary N) is 4. The lowest BCUT2D eigenvalue weighted by molar-refractivity contribution is 0.0948. The third-order valence-electron chi connectivity index (χ3n) is 9.13. The summed E-state index contributed by atoms with van der Waals surface area (Å²) in [4.78, 5) is 46.0. The van der Waals surface area contributed by atoms with Crippen molar-refractivity contribution in [2.45, 2.75) is 12.8 Å². The number of nitrogens with zero attached hydrogens (tertiary/aromatic N) is 3. The number of H-pyrrole nitrogens is 2. The van der Waals surface area contributed by atoms with Gasteiger partial charge in [-0.1, -0.05) is 72.8 Å². The van der Waals surface area contributed by atoms with Gasteiger partial charge in [0.2, 0.25) is 0 Å². The maximum absolute atomic E-state index is 13.6. The number of fused-ring (bicyclic) bond motifs is 8. The van der Waals surface area contributed by atoms with Gasteiger partial charge in [0.05, 0.1) is 44.2 Å². The monoisotopic (exact) mass is 633 g/mol. The van der Waals surface area contributed by atoms with E-state index in [0.29, 0.717) is 24.2 Å². The first-order valence-corrected chi connectivity index (χ1v) is 16.4. The van der Waals surface area contributed by atoms with Crippen molar-refractivity contribution in [2.75, 3.05) is 33.2 Å². The molecular weight excluding hydrogens is 598 g/mol. The van der Waals surface area contributed by atoms with Crippen molar-refractivity contribution in [1.29, 1.82) is 0 Å². The van der Waals surface area contributed by atoms with Gasteiger partial charge in [0.1, 0.15) is 0 Å². The summed E-state index contributed by atoms with van der Waals surface area (Å²) in [5.41, 5.74) is 7.92. The van der Waals surface area contributed by atoms with Crippen LogP contribution in [0.4, 0.5) is 0 Å². The fourth-order valence-electron chi connectivity index (χ4n) is 6.79. The average molecular weight is 634 g/mol. The van der Waals surface area contributed by atoms with Gasteiger partial charge in [0.15, 0.2) is 0 Å². The van der Waals surface area contributed by atoms with Crippen LogP contribution in [0.5, 0.6) is 0 Å². The molecule has 8 rings (SSSR count). The zero-order valence-corrected chi connectivity index (χ0v) is 26.6. The summed E-state index contributed by atoms with van der Waals surface area (Å²) >= 11 is 0. The van der Waals surface area contributed by atoms with Crippen molar-refractivity contribution in [3.63, 3.8) is 0 Å². The van der Waals surface area contributed by atoms with E-state index in [1.54, 1.807) is 0 Å². The van der Waals surface area contributed by atoms with Gasteiger partial charge in [-0.3, -0.25) is 9.59 Å². The summed E-state index contributed by atoms with van der Waals surface area (Å²) in [6, 6.07) is 31.6. The molecule has 2 amide bonds. The molecule has 0 aliphatic rings. The van der Waals surface area contributed by atoms with Crippen LogP contribution >= 0.6 is 0 Å². The summed E-state index contributed by atoms with van der Waals surface area (Å²) in [6.07, 6.45) is 1.60. The van der Waals surface area contributed by atoms with Crippen LogP contribution in [-0.2, 0) is 0 Å². The van der Waals surface area contributed by atoms with Crippen LogP contribution in [0.2, 0.25) is 0 Å². The van der Waals surface area contributed by atoms with E-state index in [2.05, 4.69) is 32.5 Å². The molecule has 0 bridgehead atoms. The highest BCUT2D eigenvalue weighted by molar-refractivity contribution is 6.21. The van der Waals surface area contributed by atoms with Crippen molar-refractivity contribution in [3.8, 4) is 0 Å². The molecule has 0 saturated carbocycles. The van der Waals surface area contributed by atoms with E-state index in [-0.39, 0.29) is 11.8 Å². The van der Waals surface area contributed by atoms with Crippen molar-refractivity contribution in [3.05, 3.63) is 108 Å². The van der Waals surface area contributed by atoms with Gasteiger partial charge >= 0.3 is 0 Å². The first kappa shape index (κ1) is 29.6. The number of para-hydroxylation sites is 4. The third-order valence-corrected chi connectivity index (χ3v) is 9.13. The molecule has 0 saturated heterocycles. The Morgan fingerprint density at radius 2 is 0.979 bits per heavy atom. The Morgan fingerprint density at radius 3 is 1.44 bits per heavy atom. The highest BCUT2D eigenvalue weighted by Crippen LogP contribution is 2.32. The van der Waals surface area contributed by atoms with E-state index in [1.165, 1.54) is 0 Å². The molecule has 238 valence electrons. The summed E-state index contributed by atoms with van der Waals surface area (Å²) in [7, 11) is 2.07. The molecule has 48 heavy (non-hydrogen) atoms. The van der Waals surface area contributed by atoms with Gasteiger partial charge in [0.25, 0.3) is 11.8 Å². The Balaban J connectivity index is 0.876. The summed E-state index contributed by atoms with van der Waals surface area (Å²) in [5.74, 6) is -0.216. The van der Waals surface area contributed by atoms with Gasteiger partial charge in [0, 0.05) is 45.7 Å². The van der Waals surface area contributed by atoms with Gasteiger partial charge in [-0.25, -0.2) is 9.97 Å². The maximum atomic E-state index is 13.6. The first-order chi connectivity index (χ1) is 23.6. The van der Waals surface area contributed by atoms with E-state index in [0.717, 1.165) is 91.6 Å². The Labute approximate surface area is 276 Å². The molecular formula is C39H35N7O2. The lowest BCUT2D eigenvalue weighted by Crippen LogP contribution is -2.31. The molecule has 4 aromatic carbocycles. The number of hydrogen-bond donors (Lipinski definition) is 4. The molecule has 0 unspecified atom stereocenters. The number of rotatable bonds is 10. The molecule has 0 fully saturated rings.